The average molecular weight is 297 g/mol. The maximum absolute atomic E-state index is 12.7. The van der Waals surface area contributed by atoms with Crippen molar-refractivity contribution in [2.75, 3.05) is 0 Å². The van der Waals surface area contributed by atoms with Crippen LogP contribution in [0.3, 0.4) is 0 Å². The Morgan fingerprint density at radius 2 is 1.90 bits per heavy atom. The Hall–Kier alpha value is -1.40. The number of carboxylic acid groups (broad SMARTS) is 1. The van der Waals surface area contributed by atoms with Crippen molar-refractivity contribution in [2.24, 2.45) is 0 Å². The van der Waals surface area contributed by atoms with E-state index in [0.29, 0.717) is 0 Å². The number of nitrogens with zero attached hydrogens (tertiary/aromatic N) is 1. The van der Waals surface area contributed by atoms with E-state index in [9.17, 15) is 13.2 Å². The van der Waals surface area contributed by atoms with Gasteiger partial charge in [0.1, 0.15) is 0 Å². The molecule has 2 atom stereocenters. The number of carboxylic acids is 1. The SMILES string of the molecule is CCC1CCC(C)N1S(=O)(=O)c1ccc(C(=O)O)cc1. The molecule has 110 valence electrons. The second-order valence-electron chi connectivity index (χ2n) is 5.15. The molecule has 1 heterocycles. The molecule has 0 aliphatic carbocycles. The van der Waals surface area contributed by atoms with Crippen LogP contribution in [-0.2, 0) is 10.0 Å². The highest BCUT2D eigenvalue weighted by molar-refractivity contribution is 7.89. The monoisotopic (exact) mass is 297 g/mol. The van der Waals surface area contributed by atoms with E-state index in [1.807, 2.05) is 13.8 Å². The zero-order chi connectivity index (χ0) is 14.9. The summed E-state index contributed by atoms with van der Waals surface area (Å²) >= 11 is 0. The van der Waals surface area contributed by atoms with E-state index in [0.717, 1.165) is 19.3 Å². The van der Waals surface area contributed by atoms with Crippen molar-refractivity contribution in [1.82, 2.24) is 4.31 Å². The van der Waals surface area contributed by atoms with Gasteiger partial charge in [-0.05, 0) is 50.5 Å². The minimum atomic E-state index is -3.55. The molecule has 2 unspecified atom stereocenters. The topological polar surface area (TPSA) is 74.7 Å². The van der Waals surface area contributed by atoms with Gasteiger partial charge in [0.25, 0.3) is 0 Å². The molecule has 0 bridgehead atoms. The fourth-order valence-corrected chi connectivity index (χ4v) is 4.71. The van der Waals surface area contributed by atoms with Crippen LogP contribution in [0.5, 0.6) is 0 Å². The molecule has 6 heteroatoms. The third-order valence-corrected chi connectivity index (χ3v) is 5.94. The first-order valence-corrected chi connectivity index (χ1v) is 8.18. The van der Waals surface area contributed by atoms with Crippen LogP contribution in [0.4, 0.5) is 0 Å². The fraction of sp³-hybridized carbons (Fsp3) is 0.500. The molecule has 0 amide bonds. The van der Waals surface area contributed by atoms with Crippen LogP contribution >= 0.6 is 0 Å². The molecule has 1 N–H and O–H groups in total. The van der Waals surface area contributed by atoms with E-state index >= 15 is 0 Å². The largest absolute Gasteiger partial charge is 0.478 e. The predicted molar refractivity (Wildman–Crippen MR) is 75.2 cm³/mol. The second-order valence-corrected chi connectivity index (χ2v) is 7.00. The lowest BCUT2D eigenvalue weighted by Crippen LogP contribution is -2.39. The van der Waals surface area contributed by atoms with E-state index in [2.05, 4.69) is 0 Å². The number of aromatic carboxylic acids is 1. The molecule has 1 saturated heterocycles. The van der Waals surface area contributed by atoms with Gasteiger partial charge in [0.2, 0.25) is 10.0 Å². The van der Waals surface area contributed by atoms with Crippen molar-refractivity contribution in [3.8, 4) is 0 Å². The summed E-state index contributed by atoms with van der Waals surface area (Å²) in [4.78, 5) is 11.0. The van der Waals surface area contributed by atoms with Crippen LogP contribution in [0.1, 0.15) is 43.5 Å². The number of carbonyl (C=O) groups is 1. The zero-order valence-corrected chi connectivity index (χ0v) is 12.4. The molecule has 0 spiro atoms. The van der Waals surface area contributed by atoms with Gasteiger partial charge in [-0.2, -0.15) is 4.31 Å². The zero-order valence-electron chi connectivity index (χ0n) is 11.6. The maximum Gasteiger partial charge on any atom is 0.335 e. The fourth-order valence-electron chi connectivity index (χ4n) is 2.76. The molecule has 1 aliphatic rings. The summed E-state index contributed by atoms with van der Waals surface area (Å²) < 4.78 is 26.9. The predicted octanol–water partition coefficient (Wildman–Crippen LogP) is 2.34. The minimum Gasteiger partial charge on any atom is -0.478 e. The Kier molecular flexibility index (Phi) is 4.15. The van der Waals surface area contributed by atoms with Crippen LogP contribution in [0.2, 0.25) is 0 Å². The smallest absolute Gasteiger partial charge is 0.335 e. The summed E-state index contributed by atoms with van der Waals surface area (Å²) in [6.45, 7) is 3.90. The van der Waals surface area contributed by atoms with Gasteiger partial charge in [-0.25, -0.2) is 13.2 Å². The summed E-state index contributed by atoms with van der Waals surface area (Å²) in [5.41, 5.74) is 0.0884. The number of hydrogen-bond donors (Lipinski definition) is 1. The minimum absolute atomic E-state index is 0.0101. The number of hydrogen-bond acceptors (Lipinski definition) is 3. The third kappa shape index (κ3) is 2.58. The van der Waals surface area contributed by atoms with Crippen LogP contribution < -0.4 is 0 Å². The van der Waals surface area contributed by atoms with Gasteiger partial charge in [0.05, 0.1) is 10.5 Å². The summed E-state index contributed by atoms with van der Waals surface area (Å²) in [7, 11) is -3.55. The molecule has 1 aliphatic heterocycles. The van der Waals surface area contributed by atoms with Crippen LogP contribution in [0, 0.1) is 0 Å². The molecule has 0 radical (unpaired) electrons. The Morgan fingerprint density at radius 3 is 2.40 bits per heavy atom. The second kappa shape index (κ2) is 5.54. The molecular formula is C14H19NO4S. The Balaban J connectivity index is 2.36. The van der Waals surface area contributed by atoms with Gasteiger partial charge in [0.15, 0.2) is 0 Å². The molecule has 0 saturated carbocycles. The van der Waals surface area contributed by atoms with Crippen LogP contribution in [-0.4, -0.2) is 35.9 Å². The van der Waals surface area contributed by atoms with E-state index < -0.39 is 16.0 Å². The quantitative estimate of drug-likeness (QED) is 0.925. The summed E-state index contributed by atoms with van der Waals surface area (Å²) in [6.07, 6.45) is 2.53. The first-order chi connectivity index (χ1) is 9.37. The highest BCUT2D eigenvalue weighted by atomic mass is 32.2. The van der Waals surface area contributed by atoms with Crippen molar-refractivity contribution in [3.63, 3.8) is 0 Å². The van der Waals surface area contributed by atoms with Crippen molar-refractivity contribution in [2.45, 2.75) is 50.1 Å². The Labute approximate surface area is 119 Å². The number of rotatable bonds is 4. The summed E-state index contributed by atoms with van der Waals surface area (Å²) in [6, 6.07) is 5.43. The first kappa shape index (κ1) is 15.0. The van der Waals surface area contributed by atoms with Gasteiger partial charge >= 0.3 is 5.97 Å². The average Bonchev–Trinajstić information content (AvgIpc) is 2.80. The van der Waals surface area contributed by atoms with E-state index in [4.69, 9.17) is 5.11 Å². The number of sulfonamides is 1. The van der Waals surface area contributed by atoms with Gasteiger partial charge in [-0.3, -0.25) is 0 Å². The molecule has 0 aromatic heterocycles. The maximum atomic E-state index is 12.7. The van der Waals surface area contributed by atoms with Crippen molar-refractivity contribution in [3.05, 3.63) is 29.8 Å². The normalized spacial score (nSPS) is 23.9. The molecule has 5 nitrogen and oxygen atoms in total. The molecule has 20 heavy (non-hydrogen) atoms. The standard InChI is InChI=1S/C14H19NO4S/c1-3-12-7-4-10(2)15(12)20(18,19)13-8-5-11(6-9-13)14(16)17/h5-6,8-10,12H,3-4,7H2,1-2H3,(H,16,17). The highest BCUT2D eigenvalue weighted by Gasteiger charge is 2.39. The summed E-state index contributed by atoms with van der Waals surface area (Å²) in [5, 5.41) is 8.85. The third-order valence-electron chi connectivity index (χ3n) is 3.86. The van der Waals surface area contributed by atoms with Gasteiger partial charge < -0.3 is 5.11 Å². The van der Waals surface area contributed by atoms with Crippen molar-refractivity contribution < 1.29 is 18.3 Å². The van der Waals surface area contributed by atoms with E-state index in [-0.39, 0.29) is 22.5 Å². The lowest BCUT2D eigenvalue weighted by molar-refractivity contribution is 0.0696. The van der Waals surface area contributed by atoms with Crippen LogP contribution in [0.15, 0.2) is 29.2 Å². The number of benzene rings is 1. The highest BCUT2D eigenvalue weighted by Crippen LogP contribution is 2.32. The van der Waals surface area contributed by atoms with E-state index in [1.54, 1.807) is 4.31 Å². The molecular weight excluding hydrogens is 278 g/mol. The van der Waals surface area contributed by atoms with Crippen molar-refractivity contribution in [1.29, 1.82) is 0 Å². The Morgan fingerprint density at radius 1 is 1.30 bits per heavy atom. The lowest BCUT2D eigenvalue weighted by Gasteiger charge is -2.27. The van der Waals surface area contributed by atoms with Gasteiger partial charge in [-0.1, -0.05) is 6.92 Å². The first-order valence-electron chi connectivity index (χ1n) is 6.74. The van der Waals surface area contributed by atoms with Crippen molar-refractivity contribution >= 4 is 16.0 Å². The van der Waals surface area contributed by atoms with E-state index in [1.165, 1.54) is 24.3 Å². The molecule has 1 aromatic rings. The van der Waals surface area contributed by atoms with Gasteiger partial charge in [0, 0.05) is 12.1 Å². The Bertz CT molecular complexity index is 594. The van der Waals surface area contributed by atoms with Crippen LogP contribution in [0.25, 0.3) is 0 Å². The lowest BCUT2D eigenvalue weighted by atomic mass is 10.2. The molecule has 2 rings (SSSR count). The molecule has 1 fully saturated rings. The molecule has 1 aromatic carbocycles. The van der Waals surface area contributed by atoms with Gasteiger partial charge in [-0.15, -0.1) is 0 Å². The summed E-state index contributed by atoms with van der Waals surface area (Å²) in [5.74, 6) is -1.06.